The van der Waals surface area contributed by atoms with Crippen molar-refractivity contribution in [1.82, 2.24) is 14.5 Å². The number of ketones is 1. The van der Waals surface area contributed by atoms with Crippen LogP contribution in [0, 0.1) is 0 Å². The predicted molar refractivity (Wildman–Crippen MR) is 172 cm³/mol. The Hall–Kier alpha value is -3.81. The van der Waals surface area contributed by atoms with E-state index >= 15 is 0 Å². The van der Waals surface area contributed by atoms with Crippen LogP contribution in [0.25, 0.3) is 33.6 Å². The number of carbonyl (C=O) groups is 2. The third-order valence-corrected chi connectivity index (χ3v) is 8.62. The number of allylic oxidation sites excluding steroid dienone is 1. The standard InChI is InChI=1S/C34H34ClN3O3S/c1-5-22-9-7-10-23(6-2)31(22)38-30(17-21(3)4)27(33(40)37-16-8-11-26(39)19-37)18-28(34(38)41)32-36-29(20-42-32)24-12-14-25(35)15-13-24/h7,9-10,12-15,17-18,20H,5-6,8,11,16,19H2,1-4H3. The van der Waals surface area contributed by atoms with Crippen LogP contribution in [0.1, 0.15) is 67.7 Å². The van der Waals surface area contributed by atoms with Crippen molar-refractivity contribution in [3.05, 3.63) is 97.2 Å². The molecule has 0 spiro atoms. The van der Waals surface area contributed by atoms with Gasteiger partial charge in [-0.15, -0.1) is 11.3 Å². The molecule has 0 N–H and O–H groups in total. The summed E-state index contributed by atoms with van der Waals surface area (Å²) in [7, 11) is 0. The maximum Gasteiger partial charge on any atom is 0.265 e. The monoisotopic (exact) mass is 599 g/mol. The SMILES string of the molecule is CCc1cccc(CC)c1-n1c(C=C(C)C)c(C(=O)N2CCCC(=O)C2)cc(-c2nc(-c3ccc(Cl)cc3)cs2)c1=O. The van der Waals surface area contributed by atoms with Gasteiger partial charge in [-0.2, -0.15) is 0 Å². The molecular weight excluding hydrogens is 566 g/mol. The lowest BCUT2D eigenvalue weighted by Crippen LogP contribution is -2.41. The Labute approximate surface area is 255 Å². The minimum Gasteiger partial charge on any atom is -0.331 e. The van der Waals surface area contributed by atoms with Gasteiger partial charge in [0.15, 0.2) is 5.78 Å². The first-order valence-corrected chi connectivity index (χ1v) is 15.6. The van der Waals surface area contributed by atoms with Crippen LogP contribution in [0.3, 0.4) is 0 Å². The molecule has 0 radical (unpaired) electrons. The third-order valence-electron chi connectivity index (χ3n) is 7.50. The molecule has 1 aliphatic rings. The molecular formula is C34H34ClN3O3S. The van der Waals surface area contributed by atoms with E-state index < -0.39 is 0 Å². The van der Waals surface area contributed by atoms with Gasteiger partial charge in [-0.1, -0.05) is 61.4 Å². The Morgan fingerprint density at radius 3 is 2.36 bits per heavy atom. The molecule has 1 aliphatic heterocycles. The summed E-state index contributed by atoms with van der Waals surface area (Å²) in [6.45, 7) is 8.61. The van der Waals surface area contributed by atoms with Crippen molar-refractivity contribution in [1.29, 1.82) is 0 Å². The zero-order valence-corrected chi connectivity index (χ0v) is 25.9. The van der Waals surface area contributed by atoms with Crippen molar-refractivity contribution in [2.45, 2.75) is 53.4 Å². The smallest absolute Gasteiger partial charge is 0.265 e. The van der Waals surface area contributed by atoms with Gasteiger partial charge in [-0.05, 0) is 68.5 Å². The summed E-state index contributed by atoms with van der Waals surface area (Å²) in [5.74, 6) is -0.212. The molecule has 2 aromatic heterocycles. The summed E-state index contributed by atoms with van der Waals surface area (Å²) >= 11 is 7.46. The van der Waals surface area contributed by atoms with Gasteiger partial charge in [0.25, 0.3) is 11.5 Å². The Morgan fingerprint density at radius 1 is 1.05 bits per heavy atom. The number of nitrogens with zero attached hydrogens (tertiary/aromatic N) is 3. The Kier molecular flexibility index (Phi) is 8.90. The zero-order chi connectivity index (χ0) is 30.0. The Bertz CT molecular complexity index is 1720. The predicted octanol–water partition coefficient (Wildman–Crippen LogP) is 7.63. The highest BCUT2D eigenvalue weighted by atomic mass is 35.5. The fraction of sp³-hybridized carbons (Fsp3) is 0.294. The quantitative estimate of drug-likeness (QED) is 0.219. The van der Waals surface area contributed by atoms with Gasteiger partial charge in [-0.3, -0.25) is 19.0 Å². The maximum absolute atomic E-state index is 14.6. The largest absolute Gasteiger partial charge is 0.331 e. The van der Waals surface area contributed by atoms with Crippen LogP contribution in [0.4, 0.5) is 0 Å². The van der Waals surface area contributed by atoms with Gasteiger partial charge in [0, 0.05) is 28.9 Å². The topological polar surface area (TPSA) is 72.3 Å². The number of thiazole rings is 1. The van der Waals surface area contributed by atoms with E-state index in [1.54, 1.807) is 15.5 Å². The van der Waals surface area contributed by atoms with Gasteiger partial charge in [-0.25, -0.2) is 4.98 Å². The maximum atomic E-state index is 14.6. The first kappa shape index (κ1) is 29.7. The van der Waals surface area contributed by atoms with E-state index in [0.717, 1.165) is 46.5 Å². The van der Waals surface area contributed by atoms with Gasteiger partial charge in [0.1, 0.15) is 5.01 Å². The first-order valence-electron chi connectivity index (χ1n) is 14.3. The summed E-state index contributed by atoms with van der Waals surface area (Å²) in [5, 5.41) is 3.07. The molecule has 216 valence electrons. The summed E-state index contributed by atoms with van der Waals surface area (Å²) in [4.78, 5) is 47.6. The van der Waals surface area contributed by atoms with E-state index in [-0.39, 0.29) is 23.8 Å². The summed E-state index contributed by atoms with van der Waals surface area (Å²) < 4.78 is 1.71. The van der Waals surface area contributed by atoms with Crippen molar-refractivity contribution >= 4 is 40.7 Å². The highest BCUT2D eigenvalue weighted by Crippen LogP contribution is 2.32. The zero-order valence-electron chi connectivity index (χ0n) is 24.4. The Balaban J connectivity index is 1.82. The van der Waals surface area contributed by atoms with Crippen molar-refractivity contribution in [3.63, 3.8) is 0 Å². The van der Waals surface area contributed by atoms with Crippen LogP contribution >= 0.6 is 22.9 Å². The molecule has 0 unspecified atom stereocenters. The molecule has 8 heteroatoms. The number of pyridine rings is 1. The van der Waals surface area contributed by atoms with E-state index in [4.69, 9.17) is 16.6 Å². The number of carbonyl (C=O) groups excluding carboxylic acids is 2. The minimum atomic E-state index is -0.257. The van der Waals surface area contributed by atoms with Gasteiger partial charge < -0.3 is 4.90 Å². The van der Waals surface area contributed by atoms with Crippen LogP contribution < -0.4 is 5.56 Å². The van der Waals surface area contributed by atoms with Gasteiger partial charge >= 0.3 is 0 Å². The summed E-state index contributed by atoms with van der Waals surface area (Å²) in [6, 6.07) is 15.2. The molecule has 4 aromatic rings. The lowest BCUT2D eigenvalue weighted by Gasteiger charge is -2.28. The number of hydrogen-bond donors (Lipinski definition) is 0. The van der Waals surface area contributed by atoms with Crippen LogP contribution in [0.5, 0.6) is 0 Å². The third kappa shape index (κ3) is 5.90. The number of halogens is 1. The summed E-state index contributed by atoms with van der Waals surface area (Å²) in [5.41, 5.74) is 6.43. The molecule has 6 nitrogen and oxygen atoms in total. The molecule has 1 saturated heterocycles. The summed E-state index contributed by atoms with van der Waals surface area (Å²) in [6.07, 6.45) is 4.44. The second kappa shape index (κ2) is 12.6. The Morgan fingerprint density at radius 2 is 1.74 bits per heavy atom. The number of Topliss-reactive ketones (excluding diaryl/α,β-unsaturated/α-hetero) is 1. The lowest BCUT2D eigenvalue weighted by atomic mass is 9.99. The number of aryl methyl sites for hydroxylation is 2. The van der Waals surface area contributed by atoms with Crippen molar-refractivity contribution in [2.75, 3.05) is 13.1 Å². The average Bonchev–Trinajstić information content (AvgIpc) is 3.47. The van der Waals surface area contributed by atoms with E-state index in [9.17, 15) is 14.4 Å². The number of amides is 1. The minimum absolute atomic E-state index is 0.0454. The van der Waals surface area contributed by atoms with Crippen molar-refractivity contribution in [2.24, 2.45) is 0 Å². The van der Waals surface area contributed by atoms with Crippen LogP contribution in [-0.4, -0.2) is 39.2 Å². The fourth-order valence-electron chi connectivity index (χ4n) is 5.43. The number of aromatic nitrogens is 2. The van der Waals surface area contributed by atoms with Crippen LogP contribution in [0.15, 0.2) is 64.3 Å². The number of likely N-dealkylation sites (tertiary alicyclic amines) is 1. The molecule has 1 amide bonds. The fourth-order valence-corrected chi connectivity index (χ4v) is 6.39. The lowest BCUT2D eigenvalue weighted by molar-refractivity contribution is -0.121. The molecule has 5 rings (SSSR count). The molecule has 1 fully saturated rings. The van der Waals surface area contributed by atoms with Crippen molar-refractivity contribution < 1.29 is 9.59 Å². The first-order chi connectivity index (χ1) is 20.2. The van der Waals surface area contributed by atoms with E-state index in [2.05, 4.69) is 13.8 Å². The number of hydrogen-bond acceptors (Lipinski definition) is 5. The molecule has 2 aromatic carbocycles. The highest BCUT2D eigenvalue weighted by Gasteiger charge is 2.29. The number of benzene rings is 2. The van der Waals surface area contributed by atoms with Crippen molar-refractivity contribution in [3.8, 4) is 27.5 Å². The van der Waals surface area contributed by atoms with E-state index in [0.29, 0.717) is 46.2 Å². The number of piperidine rings is 1. The average molecular weight is 600 g/mol. The van der Waals surface area contributed by atoms with E-state index in [1.807, 2.05) is 67.8 Å². The molecule has 0 saturated carbocycles. The highest BCUT2D eigenvalue weighted by molar-refractivity contribution is 7.13. The van der Waals surface area contributed by atoms with Crippen LogP contribution in [-0.2, 0) is 17.6 Å². The molecule has 3 heterocycles. The molecule has 42 heavy (non-hydrogen) atoms. The molecule has 0 atom stereocenters. The second-order valence-electron chi connectivity index (χ2n) is 10.8. The van der Waals surface area contributed by atoms with E-state index in [1.165, 1.54) is 11.3 Å². The second-order valence-corrected chi connectivity index (χ2v) is 12.1. The van der Waals surface area contributed by atoms with Crippen LogP contribution in [0.2, 0.25) is 5.02 Å². The molecule has 0 aliphatic carbocycles. The number of rotatable bonds is 7. The normalized spacial score (nSPS) is 13.4. The van der Waals surface area contributed by atoms with Gasteiger partial charge in [0.2, 0.25) is 0 Å². The molecule has 0 bridgehead atoms. The van der Waals surface area contributed by atoms with Gasteiger partial charge in [0.05, 0.1) is 34.7 Å². The number of para-hydroxylation sites is 1.